The summed E-state index contributed by atoms with van der Waals surface area (Å²) in [5.74, 6) is 0.413. The Hall–Kier alpha value is -1.22. The molecule has 0 saturated carbocycles. The number of hydrogen-bond donors (Lipinski definition) is 3. The van der Waals surface area contributed by atoms with Crippen molar-refractivity contribution in [3.05, 3.63) is 23.8 Å². The topological polar surface area (TPSA) is 72.3 Å². The SMILES string of the molecule is CC(CN)c1ccc(O)c(N)c1. The standard InChI is InChI=1S/C9H14N2O/c1-6(5-10)7-2-3-9(12)8(11)4-7/h2-4,6,12H,5,10-11H2,1H3. The molecular formula is C9H14N2O. The van der Waals surface area contributed by atoms with Gasteiger partial charge in [-0.1, -0.05) is 13.0 Å². The van der Waals surface area contributed by atoms with Crippen LogP contribution in [-0.2, 0) is 0 Å². The number of anilines is 1. The maximum absolute atomic E-state index is 9.14. The number of hydrogen-bond acceptors (Lipinski definition) is 3. The van der Waals surface area contributed by atoms with Gasteiger partial charge in [0.2, 0.25) is 0 Å². The lowest BCUT2D eigenvalue weighted by atomic mass is 10.0. The summed E-state index contributed by atoms with van der Waals surface area (Å²) in [6.45, 7) is 2.61. The zero-order valence-corrected chi connectivity index (χ0v) is 7.12. The fraction of sp³-hybridized carbons (Fsp3) is 0.333. The molecule has 5 N–H and O–H groups in total. The molecule has 0 heterocycles. The van der Waals surface area contributed by atoms with Crippen molar-refractivity contribution in [3.8, 4) is 5.75 Å². The second-order valence-corrected chi connectivity index (χ2v) is 2.96. The molecule has 0 aromatic heterocycles. The molecule has 0 amide bonds. The lowest BCUT2D eigenvalue weighted by Gasteiger charge is -2.09. The average molecular weight is 166 g/mol. The van der Waals surface area contributed by atoms with Gasteiger partial charge in [0, 0.05) is 0 Å². The molecule has 1 atom stereocenters. The maximum atomic E-state index is 9.14. The average Bonchev–Trinajstić information content (AvgIpc) is 2.08. The highest BCUT2D eigenvalue weighted by atomic mass is 16.3. The molecule has 3 heteroatoms. The van der Waals surface area contributed by atoms with Crippen LogP contribution in [0.15, 0.2) is 18.2 Å². The van der Waals surface area contributed by atoms with Crippen LogP contribution in [0, 0.1) is 0 Å². The van der Waals surface area contributed by atoms with Gasteiger partial charge in [0.15, 0.2) is 0 Å². The van der Waals surface area contributed by atoms with Crippen molar-refractivity contribution in [2.45, 2.75) is 12.8 Å². The summed E-state index contributed by atoms with van der Waals surface area (Å²) < 4.78 is 0. The van der Waals surface area contributed by atoms with Gasteiger partial charge in [0.05, 0.1) is 5.69 Å². The highest BCUT2D eigenvalue weighted by Gasteiger charge is 2.04. The molecule has 0 aliphatic heterocycles. The van der Waals surface area contributed by atoms with Gasteiger partial charge in [-0.3, -0.25) is 0 Å². The summed E-state index contributed by atoms with van der Waals surface area (Å²) in [6.07, 6.45) is 0. The van der Waals surface area contributed by atoms with Crippen LogP contribution in [0.1, 0.15) is 18.4 Å². The van der Waals surface area contributed by atoms with Crippen LogP contribution < -0.4 is 11.5 Å². The molecule has 1 rings (SSSR count). The number of rotatable bonds is 2. The summed E-state index contributed by atoms with van der Waals surface area (Å²) in [5, 5.41) is 9.14. The Balaban J connectivity index is 2.96. The predicted molar refractivity (Wildman–Crippen MR) is 50.0 cm³/mol. The fourth-order valence-corrected chi connectivity index (χ4v) is 1.02. The molecule has 3 nitrogen and oxygen atoms in total. The van der Waals surface area contributed by atoms with Crippen LogP contribution in [0.4, 0.5) is 5.69 Å². The number of nitrogen functional groups attached to an aromatic ring is 1. The quantitative estimate of drug-likeness (QED) is 0.454. The molecule has 0 aliphatic rings. The largest absolute Gasteiger partial charge is 0.506 e. The van der Waals surface area contributed by atoms with Gasteiger partial charge in [-0.05, 0) is 30.2 Å². The third-order valence-corrected chi connectivity index (χ3v) is 1.97. The van der Waals surface area contributed by atoms with Crippen LogP contribution in [0.5, 0.6) is 5.75 Å². The van der Waals surface area contributed by atoms with Crippen molar-refractivity contribution >= 4 is 5.69 Å². The first kappa shape index (κ1) is 8.87. The monoisotopic (exact) mass is 166 g/mol. The van der Waals surface area contributed by atoms with Gasteiger partial charge in [-0.2, -0.15) is 0 Å². The zero-order valence-electron chi connectivity index (χ0n) is 7.12. The Morgan fingerprint density at radius 1 is 1.50 bits per heavy atom. The van der Waals surface area contributed by atoms with E-state index in [-0.39, 0.29) is 11.7 Å². The van der Waals surface area contributed by atoms with Crippen LogP contribution in [0.3, 0.4) is 0 Å². The molecule has 12 heavy (non-hydrogen) atoms. The Bertz CT molecular complexity index is 273. The van der Waals surface area contributed by atoms with Crippen molar-refractivity contribution in [2.24, 2.45) is 5.73 Å². The van der Waals surface area contributed by atoms with E-state index in [1.807, 2.05) is 13.0 Å². The molecule has 0 fully saturated rings. The molecule has 0 radical (unpaired) electrons. The number of benzene rings is 1. The smallest absolute Gasteiger partial charge is 0.138 e. The highest BCUT2D eigenvalue weighted by Crippen LogP contribution is 2.24. The van der Waals surface area contributed by atoms with Gasteiger partial charge in [-0.25, -0.2) is 0 Å². The third-order valence-electron chi connectivity index (χ3n) is 1.97. The van der Waals surface area contributed by atoms with Gasteiger partial charge in [0.25, 0.3) is 0 Å². The fourth-order valence-electron chi connectivity index (χ4n) is 1.02. The highest BCUT2D eigenvalue weighted by molar-refractivity contribution is 5.53. The summed E-state index contributed by atoms with van der Waals surface area (Å²) in [4.78, 5) is 0. The molecule has 1 unspecified atom stereocenters. The van der Waals surface area contributed by atoms with Crippen molar-refractivity contribution in [3.63, 3.8) is 0 Å². The molecule has 0 saturated heterocycles. The van der Waals surface area contributed by atoms with Crippen molar-refractivity contribution in [2.75, 3.05) is 12.3 Å². The first-order chi connectivity index (χ1) is 5.65. The molecule has 0 aliphatic carbocycles. The second-order valence-electron chi connectivity index (χ2n) is 2.96. The summed E-state index contributed by atoms with van der Waals surface area (Å²) in [6, 6.07) is 5.19. The molecule has 0 bridgehead atoms. The van der Waals surface area contributed by atoms with E-state index in [1.54, 1.807) is 12.1 Å². The first-order valence-electron chi connectivity index (χ1n) is 3.93. The van der Waals surface area contributed by atoms with E-state index >= 15 is 0 Å². The number of phenols is 1. The van der Waals surface area contributed by atoms with E-state index < -0.39 is 0 Å². The van der Waals surface area contributed by atoms with E-state index in [0.29, 0.717) is 12.2 Å². The van der Waals surface area contributed by atoms with E-state index in [1.165, 1.54) is 0 Å². The van der Waals surface area contributed by atoms with E-state index in [4.69, 9.17) is 16.6 Å². The third kappa shape index (κ3) is 1.68. The molecule has 0 spiro atoms. The second kappa shape index (κ2) is 3.45. The summed E-state index contributed by atoms with van der Waals surface area (Å²) in [5.41, 5.74) is 12.5. The maximum Gasteiger partial charge on any atom is 0.138 e. The predicted octanol–water partition coefficient (Wildman–Crippen LogP) is 1.04. The molecule has 1 aromatic carbocycles. The van der Waals surface area contributed by atoms with Crippen LogP contribution in [-0.4, -0.2) is 11.7 Å². The van der Waals surface area contributed by atoms with Gasteiger partial charge < -0.3 is 16.6 Å². The van der Waals surface area contributed by atoms with E-state index in [9.17, 15) is 0 Å². The number of nitrogens with two attached hydrogens (primary N) is 2. The Labute approximate surface area is 72.0 Å². The Kier molecular flexibility index (Phi) is 2.55. The normalized spacial score (nSPS) is 12.8. The first-order valence-corrected chi connectivity index (χ1v) is 3.93. The lowest BCUT2D eigenvalue weighted by Crippen LogP contribution is -2.08. The minimum Gasteiger partial charge on any atom is -0.506 e. The van der Waals surface area contributed by atoms with Crippen molar-refractivity contribution in [1.29, 1.82) is 0 Å². The van der Waals surface area contributed by atoms with Gasteiger partial charge in [-0.15, -0.1) is 0 Å². The van der Waals surface area contributed by atoms with E-state index in [0.717, 1.165) is 5.56 Å². The van der Waals surface area contributed by atoms with Crippen LogP contribution in [0.2, 0.25) is 0 Å². The lowest BCUT2D eigenvalue weighted by molar-refractivity contribution is 0.477. The number of phenolic OH excluding ortho intramolecular Hbond substituents is 1. The van der Waals surface area contributed by atoms with E-state index in [2.05, 4.69) is 0 Å². The minimum atomic E-state index is 0.128. The van der Waals surface area contributed by atoms with Gasteiger partial charge in [0.1, 0.15) is 5.75 Å². The Morgan fingerprint density at radius 2 is 2.17 bits per heavy atom. The summed E-state index contributed by atoms with van der Waals surface area (Å²) in [7, 11) is 0. The summed E-state index contributed by atoms with van der Waals surface area (Å²) >= 11 is 0. The number of aromatic hydroxyl groups is 1. The zero-order chi connectivity index (χ0) is 9.14. The molecular weight excluding hydrogens is 152 g/mol. The Morgan fingerprint density at radius 3 is 2.67 bits per heavy atom. The van der Waals surface area contributed by atoms with Crippen LogP contribution >= 0.6 is 0 Å². The van der Waals surface area contributed by atoms with Gasteiger partial charge >= 0.3 is 0 Å². The minimum absolute atomic E-state index is 0.128. The van der Waals surface area contributed by atoms with Crippen LogP contribution in [0.25, 0.3) is 0 Å². The van der Waals surface area contributed by atoms with Crippen molar-refractivity contribution in [1.82, 2.24) is 0 Å². The van der Waals surface area contributed by atoms with Crippen molar-refractivity contribution < 1.29 is 5.11 Å². The molecule has 66 valence electrons. The molecule has 1 aromatic rings.